The molecule has 0 saturated carbocycles. The van der Waals surface area contributed by atoms with Crippen LogP contribution in [0.2, 0.25) is 0 Å². The van der Waals surface area contributed by atoms with Crippen molar-refractivity contribution >= 4 is 45.0 Å². The minimum absolute atomic E-state index is 0.219. The Kier molecular flexibility index (Phi) is 4.53. The van der Waals surface area contributed by atoms with Crippen molar-refractivity contribution < 1.29 is 23.9 Å². The van der Waals surface area contributed by atoms with Gasteiger partial charge in [-0.2, -0.15) is 0 Å². The van der Waals surface area contributed by atoms with Gasteiger partial charge in [0.25, 0.3) is 0 Å². The standard InChI is InChI=1S/C27H18BrNO5/c1-14-6-12-17(13-7-14)29-25(32)20-21(26(29)33)27(34-22(20)15-8-10-16(28)11-9-15)23(30)18-4-2-3-5-19(18)24(27)31/h2-13,20-22H,1H3/t20-,21-,22+/m0/s1. The molecule has 2 aliphatic heterocycles. The highest BCUT2D eigenvalue weighted by Gasteiger charge is 2.74. The lowest BCUT2D eigenvalue weighted by Gasteiger charge is -2.27. The van der Waals surface area contributed by atoms with Crippen molar-refractivity contribution in [1.29, 1.82) is 0 Å². The van der Waals surface area contributed by atoms with Crippen molar-refractivity contribution in [3.8, 4) is 0 Å². The number of hydrogen-bond acceptors (Lipinski definition) is 5. The summed E-state index contributed by atoms with van der Waals surface area (Å²) in [5, 5.41) is 0. The maximum absolute atomic E-state index is 13.8. The molecule has 3 aliphatic rings. The number of carbonyl (C=O) groups excluding carboxylic acids is 4. The molecule has 2 saturated heterocycles. The van der Waals surface area contributed by atoms with Gasteiger partial charge < -0.3 is 4.74 Å². The number of benzene rings is 3. The third kappa shape index (κ3) is 2.65. The van der Waals surface area contributed by atoms with E-state index < -0.39 is 46.9 Å². The van der Waals surface area contributed by atoms with Crippen LogP contribution in [0.25, 0.3) is 0 Å². The zero-order valence-electron chi connectivity index (χ0n) is 18.0. The summed E-state index contributed by atoms with van der Waals surface area (Å²) in [5.41, 5.74) is 0.396. The predicted octanol–water partition coefficient (Wildman–Crippen LogP) is 4.45. The molecule has 7 heteroatoms. The normalized spacial score (nSPS) is 24.8. The molecule has 34 heavy (non-hydrogen) atoms. The number of aryl methyl sites for hydroxylation is 1. The fourth-order valence-electron chi connectivity index (χ4n) is 5.42. The molecule has 6 nitrogen and oxygen atoms in total. The van der Waals surface area contributed by atoms with Crippen LogP contribution in [-0.2, 0) is 14.3 Å². The summed E-state index contributed by atoms with van der Waals surface area (Å²) in [6.07, 6.45) is -0.924. The summed E-state index contributed by atoms with van der Waals surface area (Å²) in [6.45, 7) is 1.91. The summed E-state index contributed by atoms with van der Waals surface area (Å²) in [4.78, 5) is 56.1. The maximum atomic E-state index is 13.8. The number of anilines is 1. The number of nitrogens with zero attached hydrogens (tertiary/aromatic N) is 1. The van der Waals surface area contributed by atoms with Gasteiger partial charge >= 0.3 is 0 Å². The van der Waals surface area contributed by atoms with Crippen molar-refractivity contribution in [3.05, 3.63) is 99.5 Å². The topological polar surface area (TPSA) is 80.8 Å². The summed E-state index contributed by atoms with van der Waals surface area (Å²) in [6, 6.07) is 20.6. The Bertz CT molecular complexity index is 1360. The summed E-state index contributed by atoms with van der Waals surface area (Å²) >= 11 is 3.40. The molecule has 0 unspecified atom stereocenters. The lowest BCUT2D eigenvalue weighted by atomic mass is 9.77. The number of hydrogen-bond donors (Lipinski definition) is 0. The maximum Gasteiger partial charge on any atom is 0.241 e. The Balaban J connectivity index is 1.54. The Morgan fingerprint density at radius 2 is 1.38 bits per heavy atom. The Labute approximate surface area is 203 Å². The zero-order valence-corrected chi connectivity index (χ0v) is 19.6. The number of halogens is 1. The highest BCUT2D eigenvalue weighted by molar-refractivity contribution is 9.10. The first-order valence-electron chi connectivity index (χ1n) is 10.9. The van der Waals surface area contributed by atoms with E-state index in [4.69, 9.17) is 4.74 Å². The fraction of sp³-hybridized carbons (Fsp3) is 0.185. The monoisotopic (exact) mass is 515 g/mol. The number of carbonyl (C=O) groups is 4. The molecule has 2 fully saturated rings. The van der Waals surface area contributed by atoms with Crippen LogP contribution in [0, 0.1) is 18.8 Å². The lowest BCUT2D eigenvalue weighted by molar-refractivity contribution is -0.127. The second-order valence-electron chi connectivity index (χ2n) is 8.88. The third-order valence-electron chi connectivity index (χ3n) is 7.01. The molecule has 0 radical (unpaired) electrons. The summed E-state index contributed by atoms with van der Waals surface area (Å²) in [7, 11) is 0. The summed E-state index contributed by atoms with van der Waals surface area (Å²) < 4.78 is 7.10. The molecular weight excluding hydrogens is 498 g/mol. The van der Waals surface area contributed by atoms with Crippen molar-refractivity contribution in [2.45, 2.75) is 18.6 Å². The SMILES string of the molecule is Cc1ccc(N2C(=O)[C@@H]3[C@@H](c4ccc(Br)cc4)OC4(C(=O)c5ccccc5C4=O)[C@@H]3C2=O)cc1. The Morgan fingerprint density at radius 3 is 1.97 bits per heavy atom. The molecule has 3 aromatic rings. The van der Waals surface area contributed by atoms with Gasteiger partial charge in [-0.15, -0.1) is 0 Å². The first kappa shape index (κ1) is 21.1. The van der Waals surface area contributed by atoms with E-state index in [-0.39, 0.29) is 11.1 Å². The predicted molar refractivity (Wildman–Crippen MR) is 126 cm³/mol. The second kappa shape index (κ2) is 7.29. The van der Waals surface area contributed by atoms with Gasteiger partial charge in [0.15, 0.2) is 0 Å². The molecular formula is C27H18BrNO5. The molecule has 3 aromatic carbocycles. The molecule has 2 heterocycles. The van der Waals surface area contributed by atoms with Gasteiger partial charge in [-0.25, -0.2) is 4.90 Å². The van der Waals surface area contributed by atoms with Crippen molar-refractivity contribution in [2.75, 3.05) is 4.90 Å². The van der Waals surface area contributed by atoms with Crippen LogP contribution in [0.1, 0.15) is 37.9 Å². The Hall–Kier alpha value is -3.42. The number of imide groups is 1. The van der Waals surface area contributed by atoms with Gasteiger partial charge in [0.2, 0.25) is 29.0 Å². The molecule has 2 amide bonds. The average molecular weight is 516 g/mol. The van der Waals surface area contributed by atoms with Gasteiger partial charge in [-0.3, -0.25) is 19.2 Å². The van der Waals surface area contributed by atoms with E-state index in [1.807, 2.05) is 19.1 Å². The molecule has 0 N–H and O–H groups in total. The molecule has 0 aromatic heterocycles. The number of ketones is 2. The van der Waals surface area contributed by atoms with E-state index in [1.54, 1.807) is 60.7 Å². The Morgan fingerprint density at radius 1 is 0.794 bits per heavy atom. The van der Waals surface area contributed by atoms with E-state index in [9.17, 15) is 19.2 Å². The quantitative estimate of drug-likeness (QED) is 0.372. The van der Waals surface area contributed by atoms with Gasteiger partial charge in [0, 0.05) is 15.6 Å². The van der Waals surface area contributed by atoms with Crippen molar-refractivity contribution in [3.63, 3.8) is 0 Å². The van der Waals surface area contributed by atoms with E-state index in [2.05, 4.69) is 15.9 Å². The minimum Gasteiger partial charge on any atom is -0.349 e. The summed E-state index contributed by atoms with van der Waals surface area (Å²) in [5.74, 6) is -4.43. The van der Waals surface area contributed by atoms with E-state index >= 15 is 0 Å². The van der Waals surface area contributed by atoms with Crippen LogP contribution in [-0.4, -0.2) is 29.0 Å². The molecule has 168 valence electrons. The van der Waals surface area contributed by atoms with Gasteiger partial charge in [-0.05, 0) is 36.8 Å². The molecule has 6 rings (SSSR count). The van der Waals surface area contributed by atoms with Gasteiger partial charge in [0.1, 0.15) is 0 Å². The number of amides is 2. The van der Waals surface area contributed by atoms with E-state index in [1.165, 1.54) is 0 Å². The van der Waals surface area contributed by atoms with Gasteiger partial charge in [-0.1, -0.05) is 70.0 Å². The zero-order chi connectivity index (χ0) is 23.8. The smallest absolute Gasteiger partial charge is 0.241 e. The van der Waals surface area contributed by atoms with Crippen molar-refractivity contribution in [1.82, 2.24) is 0 Å². The number of ether oxygens (including phenoxy) is 1. The second-order valence-corrected chi connectivity index (χ2v) is 9.80. The minimum atomic E-state index is -2.06. The molecule has 0 bridgehead atoms. The van der Waals surface area contributed by atoms with Crippen LogP contribution < -0.4 is 4.90 Å². The van der Waals surface area contributed by atoms with E-state index in [0.29, 0.717) is 11.3 Å². The van der Waals surface area contributed by atoms with E-state index in [0.717, 1.165) is 14.9 Å². The highest BCUT2D eigenvalue weighted by atomic mass is 79.9. The van der Waals surface area contributed by atoms with Crippen molar-refractivity contribution in [2.24, 2.45) is 11.8 Å². The highest BCUT2D eigenvalue weighted by Crippen LogP contribution is 2.57. The number of rotatable bonds is 2. The third-order valence-corrected chi connectivity index (χ3v) is 7.54. The lowest BCUT2D eigenvalue weighted by Crippen LogP contribution is -2.51. The van der Waals surface area contributed by atoms with Crippen LogP contribution in [0.15, 0.2) is 77.3 Å². The average Bonchev–Trinajstić information content (AvgIpc) is 3.40. The molecule has 1 spiro atoms. The number of fused-ring (bicyclic) bond motifs is 3. The fourth-order valence-corrected chi connectivity index (χ4v) is 5.68. The number of Topliss-reactive ketones (excluding diaryl/α,β-unsaturated/α-hetero) is 2. The first-order valence-corrected chi connectivity index (χ1v) is 11.7. The molecule has 1 aliphatic carbocycles. The van der Waals surface area contributed by atoms with Crippen LogP contribution in [0.5, 0.6) is 0 Å². The van der Waals surface area contributed by atoms with Crippen LogP contribution in [0.4, 0.5) is 5.69 Å². The first-order chi connectivity index (χ1) is 16.3. The van der Waals surface area contributed by atoms with Gasteiger partial charge in [0.05, 0.1) is 23.6 Å². The van der Waals surface area contributed by atoms with Crippen LogP contribution in [0.3, 0.4) is 0 Å². The molecule has 3 atom stereocenters. The van der Waals surface area contributed by atoms with Crippen LogP contribution >= 0.6 is 15.9 Å². The largest absolute Gasteiger partial charge is 0.349 e.